The molecule has 0 saturated heterocycles. The molecule has 2 aromatic heterocycles. The lowest BCUT2D eigenvalue weighted by molar-refractivity contribution is 0.229. The standard InChI is InChI=1S/C16H17N5O.ClH/c17-16(5-2-6-16)15-19-14(22-20-15)13-4-1-3-12(9-13)10-21-8-7-18-11-21;/h1,3-4,7-9,11H,2,5-6,10,17H2;1H. The summed E-state index contributed by atoms with van der Waals surface area (Å²) in [7, 11) is 0. The normalized spacial score (nSPS) is 15.7. The monoisotopic (exact) mass is 331 g/mol. The predicted molar refractivity (Wildman–Crippen MR) is 88.0 cm³/mol. The average Bonchev–Trinajstić information content (AvgIpc) is 3.16. The molecule has 1 saturated carbocycles. The van der Waals surface area contributed by atoms with E-state index < -0.39 is 5.54 Å². The van der Waals surface area contributed by atoms with Gasteiger partial charge in [0.2, 0.25) is 0 Å². The summed E-state index contributed by atoms with van der Waals surface area (Å²) in [6.07, 6.45) is 8.48. The number of aromatic nitrogens is 4. The molecule has 0 amide bonds. The number of rotatable bonds is 4. The van der Waals surface area contributed by atoms with Gasteiger partial charge >= 0.3 is 0 Å². The highest BCUT2D eigenvalue weighted by Gasteiger charge is 2.39. The van der Waals surface area contributed by atoms with Crippen LogP contribution in [0.1, 0.15) is 30.7 Å². The van der Waals surface area contributed by atoms with Crippen LogP contribution in [0.25, 0.3) is 11.5 Å². The van der Waals surface area contributed by atoms with E-state index >= 15 is 0 Å². The minimum absolute atomic E-state index is 0. The highest BCUT2D eigenvalue weighted by molar-refractivity contribution is 5.85. The molecule has 0 unspecified atom stereocenters. The third-order valence-corrected chi connectivity index (χ3v) is 4.22. The molecule has 1 fully saturated rings. The molecule has 0 aliphatic heterocycles. The van der Waals surface area contributed by atoms with Crippen molar-refractivity contribution < 1.29 is 4.52 Å². The topological polar surface area (TPSA) is 82.8 Å². The Morgan fingerprint density at radius 3 is 2.87 bits per heavy atom. The van der Waals surface area contributed by atoms with Gasteiger partial charge in [0.1, 0.15) is 0 Å². The molecule has 1 aliphatic rings. The van der Waals surface area contributed by atoms with Crippen molar-refractivity contribution in [1.82, 2.24) is 19.7 Å². The lowest BCUT2D eigenvalue weighted by Gasteiger charge is -2.34. The van der Waals surface area contributed by atoms with Crippen molar-refractivity contribution in [2.75, 3.05) is 0 Å². The van der Waals surface area contributed by atoms with E-state index in [1.165, 1.54) is 0 Å². The summed E-state index contributed by atoms with van der Waals surface area (Å²) in [6, 6.07) is 8.09. The maximum absolute atomic E-state index is 6.24. The van der Waals surface area contributed by atoms with Gasteiger partial charge in [0, 0.05) is 24.5 Å². The van der Waals surface area contributed by atoms with E-state index in [1.54, 1.807) is 12.5 Å². The van der Waals surface area contributed by atoms with E-state index in [-0.39, 0.29) is 12.4 Å². The van der Waals surface area contributed by atoms with Crippen LogP contribution in [0.3, 0.4) is 0 Å². The molecular formula is C16H18ClN5O. The molecule has 23 heavy (non-hydrogen) atoms. The predicted octanol–water partition coefficient (Wildman–Crippen LogP) is 2.74. The van der Waals surface area contributed by atoms with Crippen LogP contribution in [-0.2, 0) is 12.1 Å². The maximum Gasteiger partial charge on any atom is 0.258 e. The Bertz CT molecular complexity index is 779. The van der Waals surface area contributed by atoms with Crippen molar-refractivity contribution in [2.45, 2.75) is 31.3 Å². The van der Waals surface area contributed by atoms with E-state index in [0.717, 1.165) is 36.9 Å². The van der Waals surface area contributed by atoms with Gasteiger partial charge in [0.25, 0.3) is 5.89 Å². The summed E-state index contributed by atoms with van der Waals surface area (Å²) >= 11 is 0. The van der Waals surface area contributed by atoms with Crippen molar-refractivity contribution in [3.05, 3.63) is 54.4 Å². The Labute approximate surface area is 140 Å². The van der Waals surface area contributed by atoms with Crippen LogP contribution in [0, 0.1) is 0 Å². The quantitative estimate of drug-likeness (QED) is 0.794. The number of imidazole rings is 1. The summed E-state index contributed by atoms with van der Waals surface area (Å²) in [5, 5.41) is 4.07. The zero-order valence-corrected chi connectivity index (χ0v) is 13.4. The minimum atomic E-state index is -0.393. The molecule has 0 spiro atoms. The molecule has 0 atom stereocenters. The van der Waals surface area contributed by atoms with Crippen LogP contribution in [0.15, 0.2) is 47.5 Å². The first-order valence-corrected chi connectivity index (χ1v) is 7.41. The fraction of sp³-hybridized carbons (Fsp3) is 0.312. The highest BCUT2D eigenvalue weighted by Crippen LogP contribution is 2.37. The number of benzene rings is 1. The SMILES string of the molecule is Cl.NC1(c2noc(-c3cccc(Cn4ccnc4)c3)n2)CCC1. The number of hydrogen-bond donors (Lipinski definition) is 1. The van der Waals surface area contributed by atoms with Gasteiger partial charge < -0.3 is 14.8 Å². The number of halogens is 1. The van der Waals surface area contributed by atoms with Gasteiger partial charge in [-0.25, -0.2) is 4.98 Å². The van der Waals surface area contributed by atoms with Gasteiger partial charge in [-0.15, -0.1) is 12.4 Å². The van der Waals surface area contributed by atoms with Crippen LogP contribution in [-0.4, -0.2) is 19.7 Å². The third-order valence-electron chi connectivity index (χ3n) is 4.22. The number of nitrogens with two attached hydrogens (primary N) is 1. The molecule has 2 heterocycles. The Kier molecular flexibility index (Phi) is 4.19. The first-order chi connectivity index (χ1) is 10.7. The van der Waals surface area contributed by atoms with Crippen LogP contribution in [0.4, 0.5) is 0 Å². The Balaban J connectivity index is 0.00000156. The van der Waals surface area contributed by atoms with Gasteiger partial charge in [-0.05, 0) is 37.0 Å². The summed E-state index contributed by atoms with van der Waals surface area (Å²) in [6.45, 7) is 0.760. The van der Waals surface area contributed by atoms with E-state index in [1.807, 2.05) is 22.9 Å². The number of nitrogens with zero attached hydrogens (tertiary/aromatic N) is 4. The molecule has 1 aromatic carbocycles. The fourth-order valence-corrected chi connectivity index (χ4v) is 2.72. The van der Waals surface area contributed by atoms with Crippen LogP contribution >= 0.6 is 12.4 Å². The smallest absolute Gasteiger partial charge is 0.258 e. The third kappa shape index (κ3) is 3.00. The molecule has 6 nitrogen and oxygen atoms in total. The second-order valence-corrected chi connectivity index (χ2v) is 5.87. The van der Waals surface area contributed by atoms with Crippen molar-refractivity contribution in [1.29, 1.82) is 0 Å². The lowest BCUT2D eigenvalue weighted by atomic mass is 9.77. The summed E-state index contributed by atoms with van der Waals surface area (Å²) in [5.74, 6) is 1.15. The number of hydrogen-bond acceptors (Lipinski definition) is 5. The van der Waals surface area contributed by atoms with E-state index in [2.05, 4.69) is 27.3 Å². The van der Waals surface area contributed by atoms with Crippen LogP contribution in [0.5, 0.6) is 0 Å². The van der Waals surface area contributed by atoms with Crippen molar-refractivity contribution >= 4 is 12.4 Å². The highest BCUT2D eigenvalue weighted by atomic mass is 35.5. The van der Waals surface area contributed by atoms with E-state index in [0.29, 0.717) is 11.7 Å². The molecule has 7 heteroatoms. The van der Waals surface area contributed by atoms with Crippen molar-refractivity contribution in [2.24, 2.45) is 5.73 Å². The Morgan fingerprint density at radius 1 is 1.30 bits per heavy atom. The first kappa shape index (κ1) is 15.7. The van der Waals surface area contributed by atoms with Crippen LogP contribution in [0.2, 0.25) is 0 Å². The van der Waals surface area contributed by atoms with E-state index in [4.69, 9.17) is 10.3 Å². The molecular weight excluding hydrogens is 314 g/mol. The van der Waals surface area contributed by atoms with Gasteiger partial charge in [-0.2, -0.15) is 4.98 Å². The zero-order valence-electron chi connectivity index (χ0n) is 12.6. The maximum atomic E-state index is 6.24. The molecule has 120 valence electrons. The average molecular weight is 332 g/mol. The molecule has 0 radical (unpaired) electrons. The fourth-order valence-electron chi connectivity index (χ4n) is 2.72. The van der Waals surface area contributed by atoms with Gasteiger partial charge in [-0.1, -0.05) is 17.3 Å². The zero-order chi connectivity index (χ0) is 15.0. The Morgan fingerprint density at radius 2 is 2.17 bits per heavy atom. The molecule has 4 rings (SSSR count). The molecule has 3 aromatic rings. The first-order valence-electron chi connectivity index (χ1n) is 7.41. The van der Waals surface area contributed by atoms with Gasteiger partial charge in [0.15, 0.2) is 5.82 Å². The van der Waals surface area contributed by atoms with Crippen LogP contribution < -0.4 is 5.73 Å². The summed E-state index contributed by atoms with van der Waals surface area (Å²) < 4.78 is 7.42. The van der Waals surface area contributed by atoms with Crippen molar-refractivity contribution in [3.63, 3.8) is 0 Å². The second kappa shape index (κ2) is 6.14. The molecule has 2 N–H and O–H groups in total. The summed E-state index contributed by atoms with van der Waals surface area (Å²) in [4.78, 5) is 8.54. The van der Waals surface area contributed by atoms with Gasteiger partial charge in [-0.3, -0.25) is 0 Å². The Hall–Kier alpha value is -2.18. The molecule has 1 aliphatic carbocycles. The second-order valence-electron chi connectivity index (χ2n) is 5.87. The largest absolute Gasteiger partial charge is 0.334 e. The van der Waals surface area contributed by atoms with Gasteiger partial charge in [0.05, 0.1) is 11.9 Å². The lowest BCUT2D eigenvalue weighted by Crippen LogP contribution is -2.44. The van der Waals surface area contributed by atoms with E-state index in [9.17, 15) is 0 Å². The minimum Gasteiger partial charge on any atom is -0.334 e. The van der Waals surface area contributed by atoms with Crippen molar-refractivity contribution in [3.8, 4) is 11.5 Å². The molecule has 0 bridgehead atoms. The summed E-state index contributed by atoms with van der Waals surface area (Å²) in [5.41, 5.74) is 7.92.